The van der Waals surface area contributed by atoms with Crippen LogP contribution in [0.15, 0.2) is 18.2 Å². The summed E-state index contributed by atoms with van der Waals surface area (Å²) in [6, 6.07) is 5.11. The van der Waals surface area contributed by atoms with Crippen molar-refractivity contribution in [3.63, 3.8) is 0 Å². The molecule has 1 aromatic carbocycles. The Kier molecular flexibility index (Phi) is 3.54. The molecule has 0 unspecified atom stereocenters. The lowest BCUT2D eigenvalue weighted by molar-refractivity contribution is 0.475. The summed E-state index contributed by atoms with van der Waals surface area (Å²) < 4.78 is 0. The summed E-state index contributed by atoms with van der Waals surface area (Å²) in [5.74, 6) is 0.141. The number of hydrogen-bond donors (Lipinski definition) is 1. The van der Waals surface area contributed by atoms with E-state index in [9.17, 15) is 0 Å². The number of benzene rings is 1. The van der Waals surface area contributed by atoms with Crippen molar-refractivity contribution in [2.75, 3.05) is 0 Å². The molecular weight excluding hydrogens is 171 g/mol. The molecule has 1 N–H and O–H groups in total. The minimum absolute atomic E-state index is 0. The van der Waals surface area contributed by atoms with Gasteiger partial charge in [0.15, 0.2) is 0 Å². The maximum atomic E-state index is 8.91. The van der Waals surface area contributed by atoms with Gasteiger partial charge in [-0.25, -0.2) is 0 Å². The van der Waals surface area contributed by atoms with Gasteiger partial charge >= 0.3 is 0 Å². The van der Waals surface area contributed by atoms with Crippen molar-refractivity contribution >= 4 is 24.0 Å². The van der Waals surface area contributed by atoms with Crippen LogP contribution in [0.5, 0.6) is 5.75 Å². The van der Waals surface area contributed by atoms with E-state index < -0.39 is 0 Å². The fourth-order valence-corrected chi connectivity index (χ4v) is 0.847. The van der Waals surface area contributed by atoms with Crippen LogP contribution in [0.4, 0.5) is 0 Å². The summed E-state index contributed by atoms with van der Waals surface area (Å²) in [4.78, 5) is 0. The van der Waals surface area contributed by atoms with Gasteiger partial charge < -0.3 is 5.11 Å². The molecule has 0 spiro atoms. The molecule has 1 nitrogen and oxygen atoms in total. The van der Waals surface area contributed by atoms with E-state index in [0.717, 1.165) is 5.56 Å². The predicted molar refractivity (Wildman–Crippen MR) is 45.1 cm³/mol. The first-order chi connectivity index (χ1) is 4.20. The van der Waals surface area contributed by atoms with Gasteiger partial charge in [0.05, 0.1) is 5.02 Å². The lowest BCUT2D eigenvalue weighted by Gasteiger charge is -1.95. The first-order valence-electron chi connectivity index (χ1n) is 2.65. The predicted octanol–water partition coefficient (Wildman–Crippen LogP) is 2.78. The van der Waals surface area contributed by atoms with Gasteiger partial charge in [-0.3, -0.25) is 0 Å². The van der Waals surface area contributed by atoms with Gasteiger partial charge in [-0.05, 0) is 24.6 Å². The zero-order valence-corrected chi connectivity index (χ0v) is 7.04. The largest absolute Gasteiger partial charge is 0.506 e. The third-order valence-corrected chi connectivity index (χ3v) is 1.41. The van der Waals surface area contributed by atoms with E-state index in [1.807, 2.05) is 6.92 Å². The summed E-state index contributed by atoms with van der Waals surface area (Å²) in [7, 11) is 0. The fourth-order valence-electron chi connectivity index (χ4n) is 0.612. The summed E-state index contributed by atoms with van der Waals surface area (Å²) in [6.45, 7) is 1.92. The average Bonchev–Trinajstić information content (AvgIpc) is 1.80. The van der Waals surface area contributed by atoms with Crippen molar-refractivity contribution < 1.29 is 5.11 Å². The lowest BCUT2D eigenvalue weighted by atomic mass is 10.2. The Labute approximate surface area is 71.0 Å². The van der Waals surface area contributed by atoms with E-state index in [1.54, 1.807) is 18.2 Å². The third-order valence-electron chi connectivity index (χ3n) is 1.10. The first-order valence-corrected chi connectivity index (χ1v) is 3.03. The molecule has 0 fully saturated rings. The molecule has 1 rings (SSSR count). The Morgan fingerprint density at radius 2 is 2.00 bits per heavy atom. The minimum Gasteiger partial charge on any atom is -0.506 e. The summed E-state index contributed by atoms with van der Waals surface area (Å²) in [5, 5.41) is 9.32. The molecule has 0 atom stereocenters. The third kappa shape index (κ3) is 2.09. The highest BCUT2D eigenvalue weighted by molar-refractivity contribution is 6.32. The number of hydrogen-bond acceptors (Lipinski definition) is 1. The van der Waals surface area contributed by atoms with Crippen LogP contribution in [-0.4, -0.2) is 5.11 Å². The highest BCUT2D eigenvalue weighted by atomic mass is 35.5. The van der Waals surface area contributed by atoms with Crippen LogP contribution < -0.4 is 0 Å². The normalized spacial score (nSPS) is 8.60. The molecule has 0 aliphatic rings. The quantitative estimate of drug-likeness (QED) is 0.649. The number of halogens is 2. The van der Waals surface area contributed by atoms with Crippen molar-refractivity contribution in [2.45, 2.75) is 6.92 Å². The van der Waals surface area contributed by atoms with Crippen LogP contribution in [0.2, 0.25) is 5.02 Å². The average molecular weight is 179 g/mol. The second-order valence-electron chi connectivity index (χ2n) is 1.95. The van der Waals surface area contributed by atoms with Gasteiger partial charge in [-0.1, -0.05) is 17.7 Å². The summed E-state index contributed by atoms with van der Waals surface area (Å²) >= 11 is 5.56. The monoisotopic (exact) mass is 178 g/mol. The molecule has 0 bridgehead atoms. The van der Waals surface area contributed by atoms with Gasteiger partial charge in [0, 0.05) is 0 Å². The molecule has 56 valence electrons. The minimum atomic E-state index is 0. The Morgan fingerprint density at radius 1 is 1.40 bits per heavy atom. The second-order valence-corrected chi connectivity index (χ2v) is 2.36. The van der Waals surface area contributed by atoms with Crippen LogP contribution in [-0.2, 0) is 0 Å². The van der Waals surface area contributed by atoms with Crippen molar-refractivity contribution in [1.29, 1.82) is 0 Å². The zero-order valence-electron chi connectivity index (χ0n) is 5.47. The summed E-state index contributed by atoms with van der Waals surface area (Å²) in [6.07, 6.45) is 0. The Bertz CT molecular complexity index is 223. The molecule has 10 heavy (non-hydrogen) atoms. The standard InChI is InChI=1S/C7H7ClO.ClH/c1-5-2-3-7(9)6(8)4-5;/h2-4,9H,1H3;1H. The number of phenols is 1. The molecule has 0 aromatic heterocycles. The molecule has 3 heteroatoms. The maximum Gasteiger partial charge on any atom is 0.134 e. The number of phenolic OH excluding ortho intramolecular Hbond substituents is 1. The lowest BCUT2D eigenvalue weighted by Crippen LogP contribution is -1.70. The smallest absolute Gasteiger partial charge is 0.134 e. The van der Waals surface area contributed by atoms with E-state index in [1.165, 1.54) is 0 Å². The van der Waals surface area contributed by atoms with Crippen molar-refractivity contribution in [3.05, 3.63) is 28.8 Å². The molecule has 0 heterocycles. The second kappa shape index (κ2) is 3.69. The first kappa shape index (κ1) is 9.60. The molecule has 0 aliphatic heterocycles. The zero-order chi connectivity index (χ0) is 6.85. The molecular formula is C7H8Cl2O. The van der Waals surface area contributed by atoms with Crippen LogP contribution in [0.1, 0.15) is 5.56 Å². The van der Waals surface area contributed by atoms with E-state index in [2.05, 4.69) is 0 Å². The summed E-state index contributed by atoms with van der Waals surface area (Å²) in [5.41, 5.74) is 1.05. The van der Waals surface area contributed by atoms with E-state index in [-0.39, 0.29) is 18.2 Å². The van der Waals surface area contributed by atoms with E-state index in [0.29, 0.717) is 5.02 Å². The van der Waals surface area contributed by atoms with Gasteiger partial charge in [0.1, 0.15) is 5.75 Å². The highest BCUT2D eigenvalue weighted by Crippen LogP contribution is 2.22. The van der Waals surface area contributed by atoms with Gasteiger partial charge in [-0.2, -0.15) is 0 Å². The van der Waals surface area contributed by atoms with E-state index in [4.69, 9.17) is 16.7 Å². The van der Waals surface area contributed by atoms with Crippen LogP contribution in [0.25, 0.3) is 0 Å². The van der Waals surface area contributed by atoms with Gasteiger partial charge in [0.2, 0.25) is 0 Å². The fraction of sp³-hybridized carbons (Fsp3) is 0.143. The van der Waals surface area contributed by atoms with Crippen LogP contribution >= 0.6 is 24.0 Å². The maximum absolute atomic E-state index is 8.91. The molecule has 0 aliphatic carbocycles. The van der Waals surface area contributed by atoms with Gasteiger partial charge in [0.25, 0.3) is 0 Å². The molecule has 0 amide bonds. The topological polar surface area (TPSA) is 20.2 Å². The molecule has 0 radical (unpaired) electrons. The Balaban J connectivity index is 0.000000810. The number of aryl methyl sites for hydroxylation is 1. The highest BCUT2D eigenvalue weighted by Gasteiger charge is 1.94. The van der Waals surface area contributed by atoms with Gasteiger partial charge in [-0.15, -0.1) is 12.4 Å². The van der Waals surface area contributed by atoms with Crippen molar-refractivity contribution in [1.82, 2.24) is 0 Å². The molecule has 0 saturated heterocycles. The van der Waals surface area contributed by atoms with Crippen LogP contribution in [0, 0.1) is 6.92 Å². The van der Waals surface area contributed by atoms with Crippen molar-refractivity contribution in [2.24, 2.45) is 0 Å². The Hall–Kier alpha value is -0.400. The number of rotatable bonds is 0. The molecule has 1 aromatic rings. The molecule has 0 saturated carbocycles. The van der Waals surface area contributed by atoms with Crippen LogP contribution in [0.3, 0.4) is 0 Å². The Morgan fingerprint density at radius 3 is 2.40 bits per heavy atom. The van der Waals surface area contributed by atoms with Crippen molar-refractivity contribution in [3.8, 4) is 5.75 Å². The SMILES string of the molecule is Cc1ccc(O)c(Cl)c1.Cl. The number of aromatic hydroxyl groups is 1. The van der Waals surface area contributed by atoms with E-state index >= 15 is 0 Å².